The molecule has 0 bridgehead atoms. The second kappa shape index (κ2) is 5.20. The van der Waals surface area contributed by atoms with E-state index in [-0.39, 0.29) is 0 Å². The first-order valence-electron chi connectivity index (χ1n) is 7.79. The Morgan fingerprint density at radius 3 is 2.83 bits per heavy atom. The highest BCUT2D eigenvalue weighted by Gasteiger charge is 2.39. The molecule has 3 rings (SSSR count). The number of amides is 1. The summed E-state index contributed by atoms with van der Waals surface area (Å²) in [5.74, 6) is 1.59. The lowest BCUT2D eigenvalue weighted by atomic mass is 9.87. The van der Waals surface area contributed by atoms with Crippen LogP contribution in [0.4, 0.5) is 0 Å². The molecule has 0 spiro atoms. The maximum absolute atomic E-state index is 12.7. The Labute approximate surface area is 110 Å². The summed E-state index contributed by atoms with van der Waals surface area (Å²) in [5.41, 5.74) is 0. The van der Waals surface area contributed by atoms with Crippen molar-refractivity contribution >= 4 is 5.91 Å². The molecule has 0 aromatic carbocycles. The van der Waals surface area contributed by atoms with Gasteiger partial charge in [0.1, 0.15) is 0 Å². The average Bonchev–Trinajstić information content (AvgIpc) is 2.86. The summed E-state index contributed by atoms with van der Waals surface area (Å²) in [6.45, 7) is 4.24. The van der Waals surface area contributed by atoms with E-state index in [2.05, 4.69) is 17.1 Å². The van der Waals surface area contributed by atoms with Crippen molar-refractivity contribution in [1.82, 2.24) is 10.2 Å². The maximum Gasteiger partial charge on any atom is 0.226 e. The minimum Gasteiger partial charge on any atom is -0.339 e. The molecule has 0 aromatic heterocycles. The normalized spacial score (nSPS) is 40.6. The fourth-order valence-corrected chi connectivity index (χ4v) is 4.32. The largest absolute Gasteiger partial charge is 0.339 e. The van der Waals surface area contributed by atoms with Crippen LogP contribution in [0.1, 0.15) is 51.9 Å². The minimum atomic E-state index is 0.292. The number of carbonyl (C=O) groups excluding carboxylic acids is 1. The Hall–Kier alpha value is -0.570. The Kier molecular flexibility index (Phi) is 3.60. The molecule has 1 aliphatic carbocycles. The number of rotatable bonds is 1. The molecule has 3 fully saturated rings. The molecule has 1 N–H and O–H groups in total. The van der Waals surface area contributed by atoms with Gasteiger partial charge in [0.2, 0.25) is 5.91 Å². The van der Waals surface area contributed by atoms with E-state index < -0.39 is 0 Å². The first-order chi connectivity index (χ1) is 8.75. The third-order valence-electron chi connectivity index (χ3n) is 5.25. The van der Waals surface area contributed by atoms with Crippen LogP contribution in [-0.2, 0) is 4.79 Å². The second-order valence-electron chi connectivity index (χ2n) is 6.51. The number of piperidine rings is 2. The van der Waals surface area contributed by atoms with Gasteiger partial charge >= 0.3 is 0 Å². The number of nitrogens with zero attached hydrogens (tertiary/aromatic N) is 1. The Morgan fingerprint density at radius 1 is 1.17 bits per heavy atom. The smallest absolute Gasteiger partial charge is 0.226 e. The summed E-state index contributed by atoms with van der Waals surface area (Å²) in [6, 6.07) is 1.10. The van der Waals surface area contributed by atoms with Crippen LogP contribution in [0.15, 0.2) is 0 Å². The van der Waals surface area contributed by atoms with Crippen LogP contribution in [0.5, 0.6) is 0 Å². The van der Waals surface area contributed by atoms with E-state index >= 15 is 0 Å². The van der Waals surface area contributed by atoms with Gasteiger partial charge in [-0.2, -0.15) is 0 Å². The highest BCUT2D eigenvalue weighted by atomic mass is 16.2. The highest BCUT2D eigenvalue weighted by Crippen LogP contribution is 2.38. The molecule has 2 unspecified atom stereocenters. The summed E-state index contributed by atoms with van der Waals surface area (Å²) >= 11 is 0. The number of hydrogen-bond donors (Lipinski definition) is 1. The van der Waals surface area contributed by atoms with E-state index in [1.54, 1.807) is 0 Å². The van der Waals surface area contributed by atoms with Crippen molar-refractivity contribution in [2.75, 3.05) is 13.1 Å². The quantitative estimate of drug-likeness (QED) is 0.773. The van der Waals surface area contributed by atoms with Crippen LogP contribution >= 0.6 is 0 Å². The fourth-order valence-electron chi connectivity index (χ4n) is 4.32. The predicted octanol–water partition coefficient (Wildman–Crippen LogP) is 2.17. The van der Waals surface area contributed by atoms with Crippen LogP contribution < -0.4 is 5.32 Å². The van der Waals surface area contributed by atoms with Crippen molar-refractivity contribution in [3.05, 3.63) is 0 Å². The van der Waals surface area contributed by atoms with Crippen molar-refractivity contribution in [1.29, 1.82) is 0 Å². The third-order valence-corrected chi connectivity index (χ3v) is 5.25. The SMILES string of the molecule is C[C@H]1C[C@@H](C(=O)N2CCCC3CCCC32)CCN1. The van der Waals surface area contributed by atoms with Gasteiger partial charge in [-0.15, -0.1) is 0 Å². The zero-order chi connectivity index (χ0) is 12.5. The van der Waals surface area contributed by atoms with E-state index in [0.29, 0.717) is 23.9 Å². The molecule has 0 aromatic rings. The lowest BCUT2D eigenvalue weighted by molar-refractivity contribution is -0.141. The number of carbonyl (C=O) groups is 1. The summed E-state index contributed by atoms with van der Waals surface area (Å²) in [6.07, 6.45) is 8.62. The molecule has 1 saturated carbocycles. The summed E-state index contributed by atoms with van der Waals surface area (Å²) in [7, 11) is 0. The van der Waals surface area contributed by atoms with Crippen LogP contribution in [0.2, 0.25) is 0 Å². The average molecular weight is 250 g/mol. The van der Waals surface area contributed by atoms with Crippen LogP contribution in [0.25, 0.3) is 0 Å². The van der Waals surface area contributed by atoms with Crippen molar-refractivity contribution in [3.63, 3.8) is 0 Å². The van der Waals surface area contributed by atoms with Crippen LogP contribution in [0, 0.1) is 11.8 Å². The predicted molar refractivity (Wildman–Crippen MR) is 72.3 cm³/mol. The van der Waals surface area contributed by atoms with Crippen molar-refractivity contribution in [2.45, 2.75) is 64.0 Å². The van der Waals surface area contributed by atoms with Gasteiger partial charge in [-0.05, 0) is 57.9 Å². The lowest BCUT2D eigenvalue weighted by Gasteiger charge is -2.41. The van der Waals surface area contributed by atoms with E-state index in [4.69, 9.17) is 0 Å². The molecule has 102 valence electrons. The van der Waals surface area contributed by atoms with Crippen LogP contribution in [-0.4, -0.2) is 36.0 Å². The summed E-state index contributed by atoms with van der Waals surface area (Å²) < 4.78 is 0. The molecule has 2 aliphatic heterocycles. The topological polar surface area (TPSA) is 32.3 Å². The van der Waals surface area contributed by atoms with Crippen LogP contribution in [0.3, 0.4) is 0 Å². The lowest BCUT2D eigenvalue weighted by Crippen LogP contribution is -2.51. The Bertz CT molecular complexity index is 318. The summed E-state index contributed by atoms with van der Waals surface area (Å²) in [5, 5.41) is 3.45. The molecule has 2 heterocycles. The first kappa shape index (κ1) is 12.5. The molecular weight excluding hydrogens is 224 g/mol. The standard InChI is InChI=1S/C15H26N2O/c1-11-10-13(7-8-16-11)15(18)17-9-3-5-12-4-2-6-14(12)17/h11-14,16H,2-10H2,1H3/t11-,12?,13-,14?/m0/s1. The van der Waals surface area contributed by atoms with E-state index in [0.717, 1.165) is 31.8 Å². The van der Waals surface area contributed by atoms with Gasteiger partial charge in [0.25, 0.3) is 0 Å². The number of fused-ring (bicyclic) bond motifs is 1. The molecule has 2 saturated heterocycles. The second-order valence-corrected chi connectivity index (χ2v) is 6.51. The van der Waals surface area contributed by atoms with Gasteiger partial charge in [-0.1, -0.05) is 6.42 Å². The minimum absolute atomic E-state index is 0.292. The first-order valence-corrected chi connectivity index (χ1v) is 7.79. The molecule has 3 aliphatic rings. The molecule has 3 nitrogen and oxygen atoms in total. The Balaban J connectivity index is 1.67. The maximum atomic E-state index is 12.7. The third kappa shape index (κ3) is 2.29. The van der Waals surface area contributed by atoms with Gasteiger partial charge < -0.3 is 10.2 Å². The van der Waals surface area contributed by atoms with Crippen molar-refractivity contribution in [3.8, 4) is 0 Å². The summed E-state index contributed by atoms with van der Waals surface area (Å²) in [4.78, 5) is 15.0. The zero-order valence-electron chi connectivity index (χ0n) is 11.5. The van der Waals surface area contributed by atoms with E-state index in [9.17, 15) is 4.79 Å². The van der Waals surface area contributed by atoms with Gasteiger partial charge in [0.05, 0.1) is 0 Å². The molecular formula is C15H26N2O. The molecule has 1 amide bonds. The van der Waals surface area contributed by atoms with E-state index in [1.165, 1.54) is 32.1 Å². The monoisotopic (exact) mass is 250 g/mol. The van der Waals surface area contributed by atoms with Gasteiger partial charge in [0.15, 0.2) is 0 Å². The van der Waals surface area contributed by atoms with Gasteiger partial charge in [-0.3, -0.25) is 4.79 Å². The number of nitrogens with one attached hydrogen (secondary N) is 1. The highest BCUT2D eigenvalue weighted by molar-refractivity contribution is 5.79. The molecule has 0 radical (unpaired) electrons. The fraction of sp³-hybridized carbons (Fsp3) is 0.933. The molecule has 18 heavy (non-hydrogen) atoms. The van der Waals surface area contributed by atoms with Crippen molar-refractivity contribution in [2.24, 2.45) is 11.8 Å². The van der Waals surface area contributed by atoms with Crippen molar-refractivity contribution < 1.29 is 4.79 Å². The van der Waals surface area contributed by atoms with E-state index in [1.807, 2.05) is 0 Å². The van der Waals surface area contributed by atoms with Gasteiger partial charge in [0, 0.05) is 24.5 Å². The molecule has 4 atom stereocenters. The number of likely N-dealkylation sites (tertiary alicyclic amines) is 1. The van der Waals surface area contributed by atoms with Gasteiger partial charge in [-0.25, -0.2) is 0 Å². The Morgan fingerprint density at radius 2 is 2.00 bits per heavy atom. The molecule has 3 heteroatoms. The zero-order valence-corrected chi connectivity index (χ0v) is 11.5. The number of hydrogen-bond acceptors (Lipinski definition) is 2.